The molecule has 0 aromatic carbocycles. The maximum Gasteiger partial charge on any atom is 0.130 e. The number of hydrogen-bond acceptors (Lipinski definition) is 6. The fraction of sp³-hybridized carbons (Fsp3) is 0.350. The van der Waals surface area contributed by atoms with Gasteiger partial charge in [-0.25, -0.2) is 4.98 Å². The molecular formula is C20H22N6O. The number of rotatable bonds is 3. The van der Waals surface area contributed by atoms with Crippen LogP contribution in [0.2, 0.25) is 0 Å². The second-order valence-electron chi connectivity index (χ2n) is 6.84. The summed E-state index contributed by atoms with van der Waals surface area (Å²) in [4.78, 5) is 11.9. The van der Waals surface area contributed by atoms with Gasteiger partial charge in [0.25, 0.3) is 0 Å². The molecule has 1 fully saturated rings. The minimum atomic E-state index is 0.738. The van der Waals surface area contributed by atoms with Crippen LogP contribution >= 0.6 is 0 Å². The molecule has 0 atom stereocenters. The smallest absolute Gasteiger partial charge is 0.130 e. The van der Waals surface area contributed by atoms with Crippen molar-refractivity contribution in [2.24, 2.45) is 0 Å². The van der Waals surface area contributed by atoms with Crippen LogP contribution in [0.3, 0.4) is 0 Å². The third-order valence-corrected chi connectivity index (χ3v) is 5.22. The number of fused-ring (bicyclic) bond motifs is 1. The van der Waals surface area contributed by atoms with Crippen molar-refractivity contribution in [3.63, 3.8) is 0 Å². The second-order valence-corrected chi connectivity index (χ2v) is 6.84. The number of morpholine rings is 1. The zero-order valence-electron chi connectivity index (χ0n) is 15.1. The van der Waals surface area contributed by atoms with Gasteiger partial charge in [0.1, 0.15) is 17.0 Å². The molecule has 27 heavy (non-hydrogen) atoms. The molecule has 7 heteroatoms. The van der Waals surface area contributed by atoms with Crippen molar-refractivity contribution < 1.29 is 4.74 Å². The molecule has 5 rings (SSSR count). The van der Waals surface area contributed by atoms with E-state index >= 15 is 0 Å². The summed E-state index contributed by atoms with van der Waals surface area (Å²) >= 11 is 0. The molecule has 2 aliphatic rings. The Morgan fingerprint density at radius 1 is 1.11 bits per heavy atom. The zero-order chi connectivity index (χ0) is 18.1. The molecule has 0 spiro atoms. The van der Waals surface area contributed by atoms with Gasteiger partial charge in [-0.2, -0.15) is 5.10 Å². The topological polar surface area (TPSA) is 79.0 Å². The summed E-state index contributed by atoms with van der Waals surface area (Å²) in [5.74, 6) is 0.994. The van der Waals surface area contributed by atoms with Crippen LogP contribution in [0.4, 0.5) is 5.82 Å². The van der Waals surface area contributed by atoms with Crippen LogP contribution < -0.4 is 10.2 Å². The zero-order valence-corrected chi connectivity index (χ0v) is 15.1. The molecular weight excluding hydrogens is 340 g/mol. The summed E-state index contributed by atoms with van der Waals surface area (Å²) in [5, 5.41) is 11.7. The number of H-pyrrole nitrogens is 1. The number of aromatic nitrogens is 4. The summed E-state index contributed by atoms with van der Waals surface area (Å²) in [7, 11) is 0. The Morgan fingerprint density at radius 3 is 2.81 bits per heavy atom. The number of pyridine rings is 2. The maximum absolute atomic E-state index is 5.52. The van der Waals surface area contributed by atoms with Crippen molar-refractivity contribution >= 4 is 22.3 Å². The average Bonchev–Trinajstić information content (AvgIpc) is 3.28. The molecule has 7 nitrogen and oxygen atoms in total. The third kappa shape index (κ3) is 3.09. The molecule has 0 bridgehead atoms. The normalized spacial score (nSPS) is 17.9. The van der Waals surface area contributed by atoms with Crippen molar-refractivity contribution in [3.05, 3.63) is 42.2 Å². The van der Waals surface area contributed by atoms with Crippen LogP contribution in [0.25, 0.3) is 27.9 Å². The predicted molar refractivity (Wildman–Crippen MR) is 106 cm³/mol. The monoisotopic (exact) mass is 362 g/mol. The summed E-state index contributed by atoms with van der Waals surface area (Å²) in [6.07, 6.45) is 6.92. The number of nitrogens with zero attached hydrogens (tertiary/aromatic N) is 4. The summed E-state index contributed by atoms with van der Waals surface area (Å²) in [6, 6.07) is 6.25. The Kier molecular flexibility index (Phi) is 4.31. The molecule has 2 aliphatic heterocycles. The molecule has 3 aromatic heterocycles. The lowest BCUT2D eigenvalue weighted by atomic mass is 9.96. The first-order chi connectivity index (χ1) is 13.4. The van der Waals surface area contributed by atoms with E-state index in [2.05, 4.69) is 43.6 Å². The molecule has 2 N–H and O–H groups in total. The maximum atomic E-state index is 5.52. The van der Waals surface area contributed by atoms with Gasteiger partial charge in [-0.05, 0) is 42.3 Å². The molecule has 1 saturated heterocycles. The first-order valence-corrected chi connectivity index (χ1v) is 9.42. The summed E-state index contributed by atoms with van der Waals surface area (Å²) in [6.45, 7) is 5.10. The highest BCUT2D eigenvalue weighted by atomic mass is 16.5. The van der Waals surface area contributed by atoms with Crippen molar-refractivity contribution in [1.29, 1.82) is 0 Å². The van der Waals surface area contributed by atoms with Crippen molar-refractivity contribution in [2.45, 2.75) is 6.42 Å². The number of nitrogens with one attached hydrogen (secondary N) is 2. The quantitative estimate of drug-likeness (QED) is 0.744. The van der Waals surface area contributed by atoms with Crippen LogP contribution in [0.15, 0.2) is 36.7 Å². The van der Waals surface area contributed by atoms with Crippen LogP contribution in [0.1, 0.15) is 12.0 Å². The minimum Gasteiger partial charge on any atom is -0.378 e. The Morgan fingerprint density at radius 2 is 2.04 bits per heavy atom. The van der Waals surface area contributed by atoms with E-state index in [1.165, 1.54) is 11.1 Å². The van der Waals surface area contributed by atoms with E-state index in [4.69, 9.17) is 9.72 Å². The van der Waals surface area contributed by atoms with E-state index in [9.17, 15) is 0 Å². The predicted octanol–water partition coefficient (Wildman–Crippen LogP) is 2.23. The molecule has 0 aliphatic carbocycles. The van der Waals surface area contributed by atoms with E-state index in [-0.39, 0.29) is 0 Å². The Bertz CT molecular complexity index is 976. The number of ether oxygens (including phenoxy) is 1. The van der Waals surface area contributed by atoms with Crippen LogP contribution in [0.5, 0.6) is 0 Å². The van der Waals surface area contributed by atoms with Gasteiger partial charge in [0, 0.05) is 37.4 Å². The molecule has 0 unspecified atom stereocenters. The van der Waals surface area contributed by atoms with Gasteiger partial charge in [-0.15, -0.1) is 0 Å². The van der Waals surface area contributed by atoms with Gasteiger partial charge < -0.3 is 15.0 Å². The van der Waals surface area contributed by atoms with Crippen molar-refractivity contribution in [3.8, 4) is 11.4 Å². The van der Waals surface area contributed by atoms with Crippen LogP contribution in [-0.4, -0.2) is 59.6 Å². The average molecular weight is 362 g/mol. The van der Waals surface area contributed by atoms with E-state index in [0.29, 0.717) is 0 Å². The lowest BCUT2D eigenvalue weighted by molar-refractivity contribution is 0.122. The lowest BCUT2D eigenvalue weighted by Gasteiger charge is -2.29. The first kappa shape index (κ1) is 16.4. The molecule has 138 valence electrons. The second kappa shape index (κ2) is 7.09. The molecule has 3 aromatic rings. The highest BCUT2D eigenvalue weighted by Gasteiger charge is 2.20. The number of aromatic amines is 1. The Balaban J connectivity index is 1.73. The third-order valence-electron chi connectivity index (χ3n) is 5.22. The van der Waals surface area contributed by atoms with Gasteiger partial charge in [-0.3, -0.25) is 10.1 Å². The lowest BCUT2D eigenvalue weighted by Crippen LogP contribution is -2.36. The fourth-order valence-electron chi connectivity index (χ4n) is 3.81. The molecule has 5 heterocycles. The van der Waals surface area contributed by atoms with E-state index < -0.39 is 0 Å². The first-order valence-electron chi connectivity index (χ1n) is 9.42. The van der Waals surface area contributed by atoms with E-state index in [0.717, 1.165) is 73.9 Å². The van der Waals surface area contributed by atoms with Gasteiger partial charge in [0.15, 0.2) is 0 Å². The SMILES string of the molecule is C1=C(c2cc(N3CCOCC3)nc3c(-c4ccn[nH]4)nccc23)CCNC1. The van der Waals surface area contributed by atoms with Gasteiger partial charge in [0.05, 0.1) is 18.9 Å². The van der Waals surface area contributed by atoms with Gasteiger partial charge in [-0.1, -0.05) is 6.08 Å². The highest BCUT2D eigenvalue weighted by molar-refractivity contribution is 5.99. The summed E-state index contributed by atoms with van der Waals surface area (Å²) < 4.78 is 5.52. The van der Waals surface area contributed by atoms with Gasteiger partial charge in [0.2, 0.25) is 0 Å². The summed E-state index contributed by atoms with van der Waals surface area (Å²) in [5.41, 5.74) is 5.28. The fourth-order valence-corrected chi connectivity index (χ4v) is 3.81. The molecule has 0 saturated carbocycles. The van der Waals surface area contributed by atoms with Crippen molar-refractivity contribution in [2.75, 3.05) is 44.3 Å². The van der Waals surface area contributed by atoms with Gasteiger partial charge >= 0.3 is 0 Å². The Labute approximate surface area is 157 Å². The van der Waals surface area contributed by atoms with Crippen LogP contribution in [-0.2, 0) is 4.74 Å². The molecule has 0 radical (unpaired) electrons. The minimum absolute atomic E-state index is 0.738. The molecule has 0 amide bonds. The number of hydrogen-bond donors (Lipinski definition) is 2. The highest BCUT2D eigenvalue weighted by Crippen LogP contribution is 2.34. The van der Waals surface area contributed by atoms with Crippen molar-refractivity contribution in [1.82, 2.24) is 25.5 Å². The number of anilines is 1. The largest absolute Gasteiger partial charge is 0.378 e. The standard InChI is InChI=1S/C20H22N6O/c1-5-21-6-2-14(1)16-13-18(26-9-11-27-12-10-26)24-19-15(16)3-7-22-20(19)17-4-8-23-25-17/h1,3-4,7-8,13,21H,2,5-6,9-12H2,(H,23,25). The van der Waals surface area contributed by atoms with Crippen LogP contribution in [0, 0.1) is 0 Å². The van der Waals surface area contributed by atoms with E-state index in [1.807, 2.05) is 12.3 Å². The van der Waals surface area contributed by atoms with E-state index in [1.54, 1.807) is 6.20 Å². The Hall–Kier alpha value is -2.77.